The Kier molecular flexibility index (Phi) is 4.10. The van der Waals surface area contributed by atoms with Crippen LogP contribution in [0.2, 0.25) is 0 Å². The second-order valence-corrected chi connectivity index (χ2v) is 7.19. The zero-order valence-electron chi connectivity index (χ0n) is 15.9. The van der Waals surface area contributed by atoms with E-state index >= 15 is 0 Å². The van der Waals surface area contributed by atoms with Gasteiger partial charge in [-0.1, -0.05) is 72.8 Å². The van der Waals surface area contributed by atoms with Crippen molar-refractivity contribution in [3.8, 4) is 11.1 Å². The summed E-state index contributed by atoms with van der Waals surface area (Å²) in [7, 11) is 0. The number of fused-ring (bicyclic) bond motifs is 1. The lowest BCUT2D eigenvalue weighted by Gasteiger charge is -2.24. The fourth-order valence-electron chi connectivity index (χ4n) is 3.96. The third-order valence-electron chi connectivity index (χ3n) is 5.42. The van der Waals surface area contributed by atoms with Gasteiger partial charge in [-0.05, 0) is 53.9 Å². The van der Waals surface area contributed by atoms with Crippen LogP contribution in [-0.4, -0.2) is 6.67 Å². The Morgan fingerprint density at radius 3 is 1.86 bits per heavy atom. The number of rotatable bonds is 3. The largest absolute Gasteiger partial charge is 0.321 e. The van der Waals surface area contributed by atoms with Crippen LogP contribution in [0.5, 0.6) is 0 Å². The molecule has 0 spiro atoms. The highest BCUT2D eigenvalue weighted by Gasteiger charge is 2.28. The summed E-state index contributed by atoms with van der Waals surface area (Å²) in [5.41, 5.74) is 8.75. The van der Waals surface area contributed by atoms with E-state index in [1.165, 1.54) is 39.4 Å². The molecule has 2 nitrogen and oxygen atoms in total. The number of benzene rings is 4. The molecule has 28 heavy (non-hydrogen) atoms. The summed E-state index contributed by atoms with van der Waals surface area (Å²) in [6.07, 6.45) is 0. The molecular weight excluding hydrogens is 340 g/mol. The molecule has 0 unspecified atom stereocenters. The molecule has 0 atom stereocenters. The Morgan fingerprint density at radius 2 is 1.14 bits per heavy atom. The predicted octanol–water partition coefficient (Wildman–Crippen LogP) is 6.91. The molecule has 5 rings (SSSR count). The van der Waals surface area contributed by atoms with Crippen LogP contribution in [0.4, 0.5) is 22.7 Å². The van der Waals surface area contributed by atoms with Crippen LogP contribution in [0, 0.1) is 6.92 Å². The summed E-state index contributed by atoms with van der Waals surface area (Å²) in [5.74, 6) is 0. The average Bonchev–Trinajstić information content (AvgIpc) is 3.15. The lowest BCUT2D eigenvalue weighted by molar-refractivity contribution is 0.986. The molecule has 136 valence electrons. The zero-order chi connectivity index (χ0) is 18.9. The Balaban J connectivity index is 1.60. The van der Waals surface area contributed by atoms with Gasteiger partial charge in [-0.3, -0.25) is 0 Å². The highest BCUT2D eigenvalue weighted by atomic mass is 15.4. The standard InChI is InChI=1S/C26H22N2/c1-20-16-17-22(21-10-4-2-5-11-21)18-26(20)28-19-27(23-12-6-3-7-13-23)24-14-8-9-15-25(24)28/h2-18H,19H2,1H3. The Bertz CT molecular complexity index is 1100. The van der Waals surface area contributed by atoms with Gasteiger partial charge >= 0.3 is 0 Å². The lowest BCUT2D eigenvalue weighted by Crippen LogP contribution is -2.24. The fourth-order valence-corrected chi connectivity index (χ4v) is 3.96. The van der Waals surface area contributed by atoms with Crippen LogP contribution in [0.3, 0.4) is 0 Å². The molecule has 1 aliphatic heterocycles. The minimum atomic E-state index is 0.808. The van der Waals surface area contributed by atoms with Gasteiger partial charge in [0.2, 0.25) is 0 Å². The number of anilines is 4. The topological polar surface area (TPSA) is 6.48 Å². The monoisotopic (exact) mass is 362 g/mol. The van der Waals surface area contributed by atoms with Gasteiger partial charge in [0.1, 0.15) is 6.67 Å². The molecular formula is C26H22N2. The molecule has 4 aromatic carbocycles. The van der Waals surface area contributed by atoms with Crippen LogP contribution in [0.1, 0.15) is 5.56 Å². The van der Waals surface area contributed by atoms with Crippen molar-refractivity contribution in [1.29, 1.82) is 0 Å². The van der Waals surface area contributed by atoms with Gasteiger partial charge < -0.3 is 9.80 Å². The first-order valence-corrected chi connectivity index (χ1v) is 9.66. The fraction of sp³-hybridized carbons (Fsp3) is 0.0769. The highest BCUT2D eigenvalue weighted by Crippen LogP contribution is 2.45. The first-order valence-electron chi connectivity index (χ1n) is 9.66. The molecule has 2 heteroatoms. The number of nitrogens with zero attached hydrogens (tertiary/aromatic N) is 2. The third kappa shape index (κ3) is 2.84. The first-order chi connectivity index (χ1) is 13.8. The maximum Gasteiger partial charge on any atom is 0.100 e. The van der Waals surface area contributed by atoms with Crippen molar-refractivity contribution in [3.05, 3.63) is 109 Å². The molecule has 0 saturated heterocycles. The molecule has 0 amide bonds. The average molecular weight is 362 g/mol. The predicted molar refractivity (Wildman–Crippen MR) is 119 cm³/mol. The first kappa shape index (κ1) is 16.6. The van der Waals surface area contributed by atoms with Crippen molar-refractivity contribution in [2.75, 3.05) is 16.5 Å². The van der Waals surface area contributed by atoms with Crippen molar-refractivity contribution in [1.82, 2.24) is 0 Å². The van der Waals surface area contributed by atoms with E-state index in [1.807, 2.05) is 0 Å². The Labute approximate surface area is 166 Å². The molecule has 0 bridgehead atoms. The molecule has 1 heterocycles. The van der Waals surface area contributed by atoms with Gasteiger partial charge in [0, 0.05) is 11.4 Å². The molecule has 0 N–H and O–H groups in total. The van der Waals surface area contributed by atoms with Gasteiger partial charge in [0.05, 0.1) is 11.4 Å². The van der Waals surface area contributed by atoms with E-state index in [9.17, 15) is 0 Å². The van der Waals surface area contributed by atoms with Gasteiger partial charge in [-0.25, -0.2) is 0 Å². The summed E-state index contributed by atoms with van der Waals surface area (Å²) in [6, 6.07) is 36.6. The quantitative estimate of drug-likeness (QED) is 0.391. The molecule has 0 aliphatic carbocycles. The van der Waals surface area contributed by atoms with Crippen molar-refractivity contribution >= 4 is 22.7 Å². The van der Waals surface area contributed by atoms with Crippen LogP contribution < -0.4 is 9.80 Å². The Hall–Kier alpha value is -3.52. The molecule has 0 saturated carbocycles. The molecule has 0 radical (unpaired) electrons. The summed E-state index contributed by atoms with van der Waals surface area (Å²) >= 11 is 0. The maximum atomic E-state index is 2.42. The number of para-hydroxylation sites is 3. The van der Waals surface area contributed by atoms with Crippen molar-refractivity contribution in [3.63, 3.8) is 0 Å². The van der Waals surface area contributed by atoms with E-state index in [1.54, 1.807) is 0 Å². The van der Waals surface area contributed by atoms with E-state index in [4.69, 9.17) is 0 Å². The summed E-state index contributed by atoms with van der Waals surface area (Å²) < 4.78 is 0. The third-order valence-corrected chi connectivity index (χ3v) is 5.42. The number of hydrogen-bond donors (Lipinski definition) is 0. The van der Waals surface area contributed by atoms with Crippen LogP contribution in [0.15, 0.2) is 103 Å². The van der Waals surface area contributed by atoms with E-state index < -0.39 is 0 Å². The lowest BCUT2D eigenvalue weighted by atomic mass is 10.0. The smallest absolute Gasteiger partial charge is 0.100 e. The highest BCUT2D eigenvalue weighted by molar-refractivity contribution is 5.88. The number of aryl methyl sites for hydroxylation is 1. The van der Waals surface area contributed by atoms with Crippen LogP contribution in [-0.2, 0) is 0 Å². The Morgan fingerprint density at radius 1 is 0.536 bits per heavy atom. The molecule has 1 aliphatic rings. The zero-order valence-corrected chi connectivity index (χ0v) is 15.9. The summed E-state index contributed by atoms with van der Waals surface area (Å²) in [6.45, 7) is 3.00. The minimum absolute atomic E-state index is 0.808. The molecule has 4 aromatic rings. The second-order valence-electron chi connectivity index (χ2n) is 7.19. The van der Waals surface area contributed by atoms with E-state index in [0.29, 0.717) is 0 Å². The van der Waals surface area contributed by atoms with E-state index in [0.717, 1.165) is 6.67 Å². The van der Waals surface area contributed by atoms with Crippen LogP contribution in [0.25, 0.3) is 11.1 Å². The van der Waals surface area contributed by atoms with Gasteiger partial charge in [-0.15, -0.1) is 0 Å². The normalized spacial score (nSPS) is 12.9. The van der Waals surface area contributed by atoms with E-state index in [-0.39, 0.29) is 0 Å². The second kappa shape index (κ2) is 6.90. The van der Waals surface area contributed by atoms with Crippen LogP contribution >= 0.6 is 0 Å². The van der Waals surface area contributed by atoms with Crippen molar-refractivity contribution in [2.45, 2.75) is 6.92 Å². The van der Waals surface area contributed by atoms with Gasteiger partial charge in [-0.2, -0.15) is 0 Å². The summed E-state index contributed by atoms with van der Waals surface area (Å²) in [4.78, 5) is 4.80. The van der Waals surface area contributed by atoms with E-state index in [2.05, 4.69) is 120 Å². The van der Waals surface area contributed by atoms with Crippen molar-refractivity contribution in [2.24, 2.45) is 0 Å². The van der Waals surface area contributed by atoms with Crippen molar-refractivity contribution < 1.29 is 0 Å². The molecule has 0 fully saturated rings. The summed E-state index contributed by atoms with van der Waals surface area (Å²) in [5, 5.41) is 0. The number of hydrogen-bond acceptors (Lipinski definition) is 2. The maximum absolute atomic E-state index is 2.42. The molecule has 0 aromatic heterocycles. The SMILES string of the molecule is Cc1ccc(-c2ccccc2)cc1N1CN(c2ccccc2)c2ccccc21. The van der Waals surface area contributed by atoms with Gasteiger partial charge in [0.15, 0.2) is 0 Å². The van der Waals surface area contributed by atoms with Gasteiger partial charge in [0.25, 0.3) is 0 Å². The minimum Gasteiger partial charge on any atom is -0.321 e.